The maximum atomic E-state index is 3.37. The molecule has 1 aromatic carbocycles. The Labute approximate surface area is 106 Å². The van der Waals surface area contributed by atoms with E-state index >= 15 is 0 Å². The average Bonchev–Trinajstić information content (AvgIpc) is 2.34. The molecule has 0 atom stereocenters. The van der Waals surface area contributed by atoms with E-state index in [0.29, 0.717) is 0 Å². The lowest BCUT2D eigenvalue weighted by Crippen LogP contribution is -2.19. The first kappa shape index (κ1) is 14.2. The van der Waals surface area contributed by atoms with Crippen LogP contribution in [0, 0.1) is 0 Å². The van der Waals surface area contributed by atoms with Crippen LogP contribution < -0.4 is 5.32 Å². The van der Waals surface area contributed by atoms with E-state index in [1.165, 1.54) is 30.5 Å². The second kappa shape index (κ2) is 8.26. The Kier molecular flexibility index (Phi) is 6.90. The van der Waals surface area contributed by atoms with E-state index in [9.17, 15) is 0 Å². The highest BCUT2D eigenvalue weighted by Crippen LogP contribution is 2.08. The minimum absolute atomic E-state index is 0.975. The molecule has 0 saturated heterocycles. The summed E-state index contributed by atoms with van der Waals surface area (Å²) in [6, 6.07) is 8.89. The largest absolute Gasteiger partial charge is 0.313 e. The molecule has 0 fully saturated rings. The van der Waals surface area contributed by atoms with E-state index in [1.54, 1.807) is 0 Å². The van der Waals surface area contributed by atoms with Gasteiger partial charge in [0.25, 0.3) is 0 Å². The quantitative estimate of drug-likeness (QED) is 0.744. The molecule has 0 aromatic heterocycles. The smallest absolute Gasteiger partial charge is 0.0230 e. The van der Waals surface area contributed by atoms with E-state index < -0.39 is 0 Å². The van der Waals surface area contributed by atoms with Crippen LogP contribution in [0.4, 0.5) is 0 Å². The molecule has 17 heavy (non-hydrogen) atoms. The molecule has 1 N–H and O–H groups in total. The number of hydrogen-bond acceptors (Lipinski definition) is 2. The van der Waals surface area contributed by atoms with E-state index in [2.05, 4.69) is 55.4 Å². The fourth-order valence-corrected chi connectivity index (χ4v) is 1.93. The summed E-state index contributed by atoms with van der Waals surface area (Å²) in [5, 5.41) is 3.37. The van der Waals surface area contributed by atoms with Crippen molar-refractivity contribution >= 4 is 0 Å². The number of hydrogen-bond donors (Lipinski definition) is 1. The molecule has 0 unspecified atom stereocenters. The van der Waals surface area contributed by atoms with Crippen molar-refractivity contribution < 1.29 is 0 Å². The highest BCUT2D eigenvalue weighted by atomic mass is 15.1. The number of nitrogens with zero attached hydrogens (tertiary/aromatic N) is 1. The highest BCUT2D eigenvalue weighted by molar-refractivity contribution is 5.23. The highest BCUT2D eigenvalue weighted by Gasteiger charge is 2.00. The first-order valence-corrected chi connectivity index (χ1v) is 6.73. The fourth-order valence-electron chi connectivity index (χ4n) is 1.93. The molecule has 1 rings (SSSR count). The summed E-state index contributed by atoms with van der Waals surface area (Å²) < 4.78 is 0. The van der Waals surface area contributed by atoms with Gasteiger partial charge in [-0.05, 0) is 37.7 Å². The van der Waals surface area contributed by atoms with Crippen LogP contribution in [-0.4, -0.2) is 25.0 Å². The molecule has 0 bridgehead atoms. The second-order valence-electron chi connectivity index (χ2n) is 4.69. The number of benzene rings is 1. The van der Waals surface area contributed by atoms with Gasteiger partial charge in [-0.3, -0.25) is 0 Å². The molecular formula is C15H26N2. The van der Waals surface area contributed by atoms with Crippen molar-refractivity contribution in [2.24, 2.45) is 0 Å². The van der Waals surface area contributed by atoms with Gasteiger partial charge in [0.2, 0.25) is 0 Å². The van der Waals surface area contributed by atoms with Gasteiger partial charge in [-0.25, -0.2) is 0 Å². The molecule has 0 aliphatic carbocycles. The summed E-state index contributed by atoms with van der Waals surface area (Å²) in [4.78, 5) is 2.40. The lowest BCUT2D eigenvalue weighted by molar-refractivity contribution is 0.320. The molecule has 1 aromatic rings. The lowest BCUT2D eigenvalue weighted by Gasteiger charge is -2.16. The van der Waals surface area contributed by atoms with Crippen LogP contribution in [0.1, 0.15) is 37.8 Å². The van der Waals surface area contributed by atoms with Gasteiger partial charge in [-0.1, -0.05) is 44.5 Å². The topological polar surface area (TPSA) is 15.3 Å². The van der Waals surface area contributed by atoms with E-state index in [-0.39, 0.29) is 0 Å². The Bertz CT molecular complexity index is 310. The van der Waals surface area contributed by atoms with Crippen LogP contribution in [-0.2, 0) is 13.1 Å². The van der Waals surface area contributed by atoms with Crippen LogP contribution in [0.2, 0.25) is 0 Å². The monoisotopic (exact) mass is 234 g/mol. The van der Waals surface area contributed by atoms with Crippen LogP contribution in [0.15, 0.2) is 24.3 Å². The van der Waals surface area contributed by atoms with Crippen molar-refractivity contribution in [2.45, 2.75) is 39.8 Å². The van der Waals surface area contributed by atoms with Crippen molar-refractivity contribution in [1.82, 2.24) is 10.2 Å². The first-order valence-electron chi connectivity index (χ1n) is 6.73. The average molecular weight is 234 g/mol. The molecule has 2 heteroatoms. The summed E-state index contributed by atoms with van der Waals surface area (Å²) in [5.74, 6) is 0. The number of nitrogens with one attached hydrogen (secondary N) is 1. The van der Waals surface area contributed by atoms with Gasteiger partial charge in [0, 0.05) is 13.1 Å². The van der Waals surface area contributed by atoms with E-state index in [1.807, 2.05) is 0 Å². The minimum Gasteiger partial charge on any atom is -0.313 e. The summed E-state index contributed by atoms with van der Waals surface area (Å²) in [5.41, 5.74) is 2.80. The van der Waals surface area contributed by atoms with Gasteiger partial charge in [-0.2, -0.15) is 0 Å². The zero-order valence-corrected chi connectivity index (χ0v) is 11.5. The first-order chi connectivity index (χ1) is 8.26. The van der Waals surface area contributed by atoms with Gasteiger partial charge in [0.15, 0.2) is 0 Å². The third kappa shape index (κ3) is 5.85. The van der Waals surface area contributed by atoms with Crippen molar-refractivity contribution in [2.75, 3.05) is 20.1 Å². The molecule has 0 radical (unpaired) electrons. The minimum atomic E-state index is 0.975. The summed E-state index contributed by atoms with van der Waals surface area (Å²) >= 11 is 0. The van der Waals surface area contributed by atoms with Crippen molar-refractivity contribution in [3.05, 3.63) is 35.4 Å². The number of unbranched alkanes of at least 4 members (excludes halogenated alkanes) is 1. The predicted molar refractivity (Wildman–Crippen MR) is 75.1 cm³/mol. The van der Waals surface area contributed by atoms with Gasteiger partial charge < -0.3 is 10.2 Å². The van der Waals surface area contributed by atoms with Crippen molar-refractivity contribution in [1.29, 1.82) is 0 Å². The van der Waals surface area contributed by atoms with E-state index in [0.717, 1.165) is 19.6 Å². The molecule has 0 aliphatic heterocycles. The molecule has 96 valence electrons. The Balaban J connectivity index is 2.47. The molecular weight excluding hydrogens is 208 g/mol. The Morgan fingerprint density at radius 3 is 2.65 bits per heavy atom. The van der Waals surface area contributed by atoms with Crippen molar-refractivity contribution in [3.8, 4) is 0 Å². The zero-order chi connectivity index (χ0) is 12.5. The summed E-state index contributed by atoms with van der Waals surface area (Å²) in [6.07, 6.45) is 2.55. The fraction of sp³-hybridized carbons (Fsp3) is 0.600. The predicted octanol–water partition coefficient (Wildman–Crippen LogP) is 3.03. The third-order valence-corrected chi connectivity index (χ3v) is 2.92. The van der Waals surface area contributed by atoms with Gasteiger partial charge in [0.05, 0.1) is 0 Å². The van der Waals surface area contributed by atoms with Crippen molar-refractivity contribution in [3.63, 3.8) is 0 Å². The van der Waals surface area contributed by atoms with Crippen LogP contribution in [0.25, 0.3) is 0 Å². The molecule has 0 aliphatic rings. The molecule has 0 amide bonds. The Hall–Kier alpha value is -0.860. The third-order valence-electron chi connectivity index (χ3n) is 2.92. The second-order valence-corrected chi connectivity index (χ2v) is 4.69. The van der Waals surface area contributed by atoms with Crippen LogP contribution >= 0.6 is 0 Å². The Morgan fingerprint density at radius 1 is 1.18 bits per heavy atom. The maximum absolute atomic E-state index is 3.37. The van der Waals surface area contributed by atoms with Gasteiger partial charge in [0.1, 0.15) is 0 Å². The van der Waals surface area contributed by atoms with Crippen LogP contribution in [0.5, 0.6) is 0 Å². The Morgan fingerprint density at radius 2 is 1.94 bits per heavy atom. The number of rotatable bonds is 8. The van der Waals surface area contributed by atoms with Crippen LogP contribution in [0.3, 0.4) is 0 Å². The summed E-state index contributed by atoms with van der Waals surface area (Å²) in [6.45, 7) is 8.63. The van der Waals surface area contributed by atoms with E-state index in [4.69, 9.17) is 0 Å². The molecule has 0 saturated carbocycles. The van der Waals surface area contributed by atoms with Gasteiger partial charge in [-0.15, -0.1) is 0 Å². The SMILES string of the molecule is CCCCN(C)Cc1cccc(CNCC)c1. The zero-order valence-electron chi connectivity index (χ0n) is 11.5. The molecule has 2 nitrogen and oxygen atoms in total. The standard InChI is InChI=1S/C15H26N2/c1-4-6-10-17(3)13-15-9-7-8-14(11-15)12-16-5-2/h7-9,11,16H,4-6,10,12-13H2,1-3H3. The lowest BCUT2D eigenvalue weighted by atomic mass is 10.1. The maximum Gasteiger partial charge on any atom is 0.0230 e. The molecule has 0 spiro atoms. The normalized spacial score (nSPS) is 11.1. The molecule has 0 heterocycles. The van der Waals surface area contributed by atoms with Gasteiger partial charge >= 0.3 is 0 Å². The summed E-state index contributed by atoms with van der Waals surface area (Å²) in [7, 11) is 2.20.